The van der Waals surface area contributed by atoms with E-state index in [0.29, 0.717) is 12.6 Å². The predicted octanol–water partition coefficient (Wildman–Crippen LogP) is 2.02. The van der Waals surface area contributed by atoms with Gasteiger partial charge in [0.05, 0.1) is 5.92 Å². The minimum absolute atomic E-state index is 0.0628. The third-order valence-electron chi connectivity index (χ3n) is 4.52. The molecule has 20 heavy (non-hydrogen) atoms. The lowest BCUT2D eigenvalue weighted by atomic mass is 9.79. The number of carboxylic acids is 1. The molecule has 2 amide bonds. The van der Waals surface area contributed by atoms with E-state index in [2.05, 4.69) is 5.32 Å². The number of nitrogens with one attached hydrogen (secondary N) is 1. The van der Waals surface area contributed by atoms with Crippen molar-refractivity contribution in [1.82, 2.24) is 10.2 Å². The van der Waals surface area contributed by atoms with Crippen LogP contribution in [0.15, 0.2) is 0 Å². The molecule has 1 aliphatic carbocycles. The van der Waals surface area contributed by atoms with Gasteiger partial charge in [0.2, 0.25) is 0 Å². The van der Waals surface area contributed by atoms with Crippen LogP contribution < -0.4 is 5.32 Å². The Bertz CT molecular complexity index is 358. The van der Waals surface area contributed by atoms with E-state index in [4.69, 9.17) is 0 Å². The summed E-state index contributed by atoms with van der Waals surface area (Å²) in [5.41, 5.74) is 0. The number of amides is 2. The SMILES string of the molecule is CN(C(=O)NCC1CCCCC1C(=O)O)C1CCSC1. The molecule has 2 aliphatic rings. The van der Waals surface area contributed by atoms with Gasteiger partial charge in [0, 0.05) is 25.4 Å². The van der Waals surface area contributed by atoms with E-state index >= 15 is 0 Å². The highest BCUT2D eigenvalue weighted by Crippen LogP contribution is 2.29. The summed E-state index contributed by atoms with van der Waals surface area (Å²) in [6, 6.07) is 0.258. The van der Waals surface area contributed by atoms with Crippen molar-refractivity contribution in [3.05, 3.63) is 0 Å². The van der Waals surface area contributed by atoms with Crippen LogP contribution in [-0.4, -0.2) is 53.1 Å². The second-order valence-electron chi connectivity index (χ2n) is 5.80. The maximum absolute atomic E-state index is 12.1. The van der Waals surface area contributed by atoms with E-state index in [1.54, 1.807) is 4.90 Å². The lowest BCUT2D eigenvalue weighted by Crippen LogP contribution is -2.46. The molecule has 6 heteroatoms. The summed E-state index contributed by atoms with van der Waals surface area (Å²) in [7, 11) is 1.83. The molecule has 0 radical (unpaired) electrons. The number of carbonyl (C=O) groups is 2. The Hall–Kier alpha value is -0.910. The van der Waals surface area contributed by atoms with Crippen molar-refractivity contribution in [3.63, 3.8) is 0 Å². The van der Waals surface area contributed by atoms with Crippen LogP contribution in [0.3, 0.4) is 0 Å². The second kappa shape index (κ2) is 7.20. The molecular formula is C14H24N2O3S. The first-order chi connectivity index (χ1) is 9.59. The zero-order valence-electron chi connectivity index (χ0n) is 12.0. The highest BCUT2D eigenvalue weighted by molar-refractivity contribution is 7.99. The molecule has 0 aromatic rings. The Balaban J connectivity index is 1.80. The fraction of sp³-hybridized carbons (Fsp3) is 0.857. The third kappa shape index (κ3) is 3.81. The lowest BCUT2D eigenvalue weighted by molar-refractivity contribution is -0.144. The van der Waals surface area contributed by atoms with Crippen molar-refractivity contribution >= 4 is 23.8 Å². The number of nitrogens with zero attached hydrogens (tertiary/aromatic N) is 1. The smallest absolute Gasteiger partial charge is 0.317 e. The fourth-order valence-electron chi connectivity index (χ4n) is 3.11. The van der Waals surface area contributed by atoms with Crippen LogP contribution in [0.4, 0.5) is 4.79 Å². The summed E-state index contributed by atoms with van der Waals surface area (Å²) >= 11 is 1.88. The van der Waals surface area contributed by atoms with Crippen molar-refractivity contribution in [1.29, 1.82) is 0 Å². The Morgan fingerprint density at radius 3 is 2.70 bits per heavy atom. The van der Waals surface area contributed by atoms with Gasteiger partial charge in [-0.3, -0.25) is 4.79 Å². The molecule has 1 saturated carbocycles. The quantitative estimate of drug-likeness (QED) is 0.833. The molecule has 3 unspecified atom stereocenters. The topological polar surface area (TPSA) is 69.6 Å². The Morgan fingerprint density at radius 2 is 2.05 bits per heavy atom. The van der Waals surface area contributed by atoms with Crippen LogP contribution >= 0.6 is 11.8 Å². The van der Waals surface area contributed by atoms with E-state index in [0.717, 1.165) is 43.6 Å². The number of thioether (sulfide) groups is 1. The normalized spacial score (nSPS) is 29.9. The first-order valence-electron chi connectivity index (χ1n) is 7.41. The molecule has 0 aromatic carbocycles. The number of urea groups is 1. The van der Waals surface area contributed by atoms with Crippen LogP contribution in [0.5, 0.6) is 0 Å². The summed E-state index contributed by atoms with van der Waals surface area (Å²) in [5.74, 6) is 1.19. The second-order valence-corrected chi connectivity index (χ2v) is 6.95. The predicted molar refractivity (Wildman–Crippen MR) is 80.0 cm³/mol. The van der Waals surface area contributed by atoms with E-state index in [-0.39, 0.29) is 17.9 Å². The summed E-state index contributed by atoms with van der Waals surface area (Å²) in [4.78, 5) is 25.1. The molecule has 1 aliphatic heterocycles. The minimum atomic E-state index is -0.718. The molecule has 2 rings (SSSR count). The van der Waals surface area contributed by atoms with Gasteiger partial charge in [0.25, 0.3) is 0 Å². The lowest BCUT2D eigenvalue weighted by Gasteiger charge is -2.30. The van der Waals surface area contributed by atoms with Gasteiger partial charge < -0.3 is 15.3 Å². The maximum Gasteiger partial charge on any atom is 0.317 e. The van der Waals surface area contributed by atoms with Gasteiger partial charge in [-0.25, -0.2) is 4.79 Å². The van der Waals surface area contributed by atoms with Crippen molar-refractivity contribution in [2.75, 3.05) is 25.1 Å². The van der Waals surface area contributed by atoms with Crippen molar-refractivity contribution in [2.45, 2.75) is 38.1 Å². The summed E-state index contributed by atoms with van der Waals surface area (Å²) in [6.07, 6.45) is 4.75. The number of aliphatic carboxylic acids is 1. The Labute approximate surface area is 124 Å². The molecule has 1 heterocycles. The molecule has 5 nitrogen and oxygen atoms in total. The molecule has 2 N–H and O–H groups in total. The van der Waals surface area contributed by atoms with Gasteiger partial charge in [0.1, 0.15) is 0 Å². The van der Waals surface area contributed by atoms with Crippen molar-refractivity contribution in [3.8, 4) is 0 Å². The van der Waals surface area contributed by atoms with Gasteiger partial charge in [-0.15, -0.1) is 0 Å². The molecule has 0 spiro atoms. The highest BCUT2D eigenvalue weighted by Gasteiger charge is 2.31. The first kappa shape index (κ1) is 15.5. The monoisotopic (exact) mass is 300 g/mol. The molecule has 3 atom stereocenters. The molecule has 114 valence electrons. The molecular weight excluding hydrogens is 276 g/mol. The van der Waals surface area contributed by atoms with Crippen LogP contribution in [0.25, 0.3) is 0 Å². The third-order valence-corrected chi connectivity index (χ3v) is 5.66. The standard InChI is InChI=1S/C14H24N2O3S/c1-16(11-6-7-20-9-11)14(19)15-8-10-4-2-3-5-12(10)13(17)18/h10-12H,2-9H2,1H3,(H,15,19)(H,17,18). The molecule has 0 aromatic heterocycles. The Kier molecular flexibility index (Phi) is 5.57. The van der Waals surface area contributed by atoms with Gasteiger partial charge in [-0.05, 0) is 30.9 Å². The average Bonchev–Trinajstić information content (AvgIpc) is 2.98. The van der Waals surface area contributed by atoms with Gasteiger partial charge in [-0.1, -0.05) is 12.8 Å². The van der Waals surface area contributed by atoms with Crippen molar-refractivity contribution < 1.29 is 14.7 Å². The van der Waals surface area contributed by atoms with Crippen LogP contribution in [-0.2, 0) is 4.79 Å². The Morgan fingerprint density at radius 1 is 1.30 bits per heavy atom. The number of carboxylic acid groups (broad SMARTS) is 1. The first-order valence-corrected chi connectivity index (χ1v) is 8.56. The molecule has 2 fully saturated rings. The van der Waals surface area contributed by atoms with E-state index in [1.165, 1.54) is 0 Å². The number of hydrogen-bond donors (Lipinski definition) is 2. The van der Waals surface area contributed by atoms with E-state index in [9.17, 15) is 14.7 Å². The largest absolute Gasteiger partial charge is 0.481 e. The zero-order valence-corrected chi connectivity index (χ0v) is 12.8. The minimum Gasteiger partial charge on any atom is -0.481 e. The number of hydrogen-bond acceptors (Lipinski definition) is 3. The van der Waals surface area contributed by atoms with E-state index in [1.807, 2.05) is 18.8 Å². The van der Waals surface area contributed by atoms with Gasteiger partial charge in [0.15, 0.2) is 0 Å². The maximum atomic E-state index is 12.1. The molecule has 1 saturated heterocycles. The number of rotatable bonds is 4. The summed E-state index contributed by atoms with van der Waals surface area (Å²) in [6.45, 7) is 0.486. The summed E-state index contributed by atoms with van der Waals surface area (Å²) < 4.78 is 0. The zero-order chi connectivity index (χ0) is 14.5. The van der Waals surface area contributed by atoms with Crippen molar-refractivity contribution in [2.24, 2.45) is 11.8 Å². The average molecular weight is 300 g/mol. The van der Waals surface area contributed by atoms with Crippen LogP contribution in [0.1, 0.15) is 32.1 Å². The van der Waals surface area contributed by atoms with Crippen LogP contribution in [0.2, 0.25) is 0 Å². The van der Waals surface area contributed by atoms with Gasteiger partial charge in [-0.2, -0.15) is 11.8 Å². The van der Waals surface area contributed by atoms with E-state index < -0.39 is 5.97 Å². The highest BCUT2D eigenvalue weighted by atomic mass is 32.2. The fourth-order valence-corrected chi connectivity index (χ4v) is 4.38. The van der Waals surface area contributed by atoms with Crippen LogP contribution in [0, 0.1) is 11.8 Å². The number of carbonyl (C=O) groups excluding carboxylic acids is 1. The van der Waals surface area contributed by atoms with Gasteiger partial charge >= 0.3 is 12.0 Å². The molecule has 0 bridgehead atoms. The summed E-state index contributed by atoms with van der Waals surface area (Å²) in [5, 5.41) is 12.2.